The summed E-state index contributed by atoms with van der Waals surface area (Å²) in [6.45, 7) is 3.16. The van der Waals surface area contributed by atoms with Gasteiger partial charge in [0.2, 0.25) is 0 Å². The van der Waals surface area contributed by atoms with Gasteiger partial charge in [-0.2, -0.15) is 18.3 Å². The van der Waals surface area contributed by atoms with Crippen molar-refractivity contribution in [1.82, 2.24) is 24.1 Å². The smallest absolute Gasteiger partial charge is 0.416 e. The molecule has 1 atom stereocenters. The van der Waals surface area contributed by atoms with Gasteiger partial charge in [0.1, 0.15) is 17.5 Å². The fourth-order valence-electron chi connectivity index (χ4n) is 4.47. The van der Waals surface area contributed by atoms with E-state index in [1.807, 2.05) is 53.9 Å². The number of ether oxygens (including phenoxy) is 2. The summed E-state index contributed by atoms with van der Waals surface area (Å²) in [4.78, 5) is 20.0. The normalized spacial score (nSPS) is 12.7. The van der Waals surface area contributed by atoms with Crippen LogP contribution < -0.4 is 4.74 Å². The molecule has 0 fully saturated rings. The number of aromatic nitrogens is 4. The number of halogens is 3. The molecule has 12 heteroatoms. The first-order valence-electron chi connectivity index (χ1n) is 12.7. The van der Waals surface area contributed by atoms with Crippen molar-refractivity contribution in [3.05, 3.63) is 83.3 Å². The molecule has 1 aromatic carbocycles. The third kappa shape index (κ3) is 5.98. The van der Waals surface area contributed by atoms with Gasteiger partial charge in [0.05, 0.1) is 42.2 Å². The van der Waals surface area contributed by atoms with Gasteiger partial charge in [0.25, 0.3) is 0 Å². The summed E-state index contributed by atoms with van der Waals surface area (Å²) in [5, 5.41) is 4.44. The first-order valence-corrected chi connectivity index (χ1v) is 13.6. The Hall–Kier alpha value is -4.16. The molecule has 0 N–H and O–H groups in total. The highest BCUT2D eigenvalue weighted by molar-refractivity contribution is 7.17. The van der Waals surface area contributed by atoms with Crippen LogP contribution in [0.4, 0.5) is 13.2 Å². The van der Waals surface area contributed by atoms with Crippen LogP contribution in [0.2, 0.25) is 0 Å². The van der Waals surface area contributed by atoms with E-state index in [0.717, 1.165) is 41.6 Å². The molecule has 214 valence electrons. The lowest BCUT2D eigenvalue weighted by atomic mass is 10.0. The zero-order chi connectivity index (χ0) is 29.3. The molecule has 0 aliphatic carbocycles. The van der Waals surface area contributed by atoms with Crippen LogP contribution in [0.25, 0.3) is 27.3 Å². The summed E-state index contributed by atoms with van der Waals surface area (Å²) in [6, 6.07) is 10.8. The van der Waals surface area contributed by atoms with Crippen molar-refractivity contribution in [2.75, 3.05) is 27.7 Å². The summed E-state index contributed by atoms with van der Waals surface area (Å²) < 4.78 is 55.5. The molecule has 5 rings (SSSR count). The van der Waals surface area contributed by atoms with Crippen LogP contribution in [0.15, 0.2) is 67.3 Å². The van der Waals surface area contributed by atoms with Crippen molar-refractivity contribution in [2.45, 2.75) is 25.7 Å². The second kappa shape index (κ2) is 11.4. The fraction of sp³-hybridized carbons (Fsp3) is 0.276. The van der Waals surface area contributed by atoms with Crippen molar-refractivity contribution >= 4 is 23.0 Å². The molecule has 4 heterocycles. The number of imidazole rings is 1. The maximum atomic E-state index is 13.6. The molecule has 4 aromatic heterocycles. The van der Waals surface area contributed by atoms with E-state index < -0.39 is 23.8 Å². The van der Waals surface area contributed by atoms with E-state index in [1.165, 1.54) is 32.2 Å². The van der Waals surface area contributed by atoms with Gasteiger partial charge in [0.15, 0.2) is 4.88 Å². The SMILES string of the molecule is COC(=O)c1sc(-c2cnc3cc(-c4cnn(CCN(C)C)c4)ccn23)cc1OC(C)c1ccccc1C(F)(F)F. The van der Waals surface area contributed by atoms with Gasteiger partial charge in [-0.15, -0.1) is 11.3 Å². The Kier molecular flexibility index (Phi) is 7.87. The Morgan fingerprint density at radius 3 is 2.63 bits per heavy atom. The highest BCUT2D eigenvalue weighted by Crippen LogP contribution is 2.41. The van der Waals surface area contributed by atoms with Gasteiger partial charge >= 0.3 is 12.1 Å². The van der Waals surface area contributed by atoms with Crippen LogP contribution in [0.5, 0.6) is 5.75 Å². The largest absolute Gasteiger partial charge is 0.484 e. The molecule has 0 radical (unpaired) electrons. The quantitative estimate of drug-likeness (QED) is 0.186. The Bertz CT molecular complexity index is 1690. The number of carbonyl (C=O) groups is 1. The number of hydrogen-bond donors (Lipinski definition) is 0. The molecule has 0 saturated heterocycles. The summed E-state index contributed by atoms with van der Waals surface area (Å²) in [7, 11) is 5.27. The number of esters is 1. The number of thiophene rings is 1. The minimum atomic E-state index is -4.54. The van der Waals surface area contributed by atoms with Crippen LogP contribution in [0.3, 0.4) is 0 Å². The third-order valence-electron chi connectivity index (χ3n) is 6.59. The van der Waals surface area contributed by atoms with Crippen LogP contribution in [0.1, 0.15) is 33.8 Å². The van der Waals surface area contributed by atoms with E-state index in [4.69, 9.17) is 9.47 Å². The van der Waals surface area contributed by atoms with Crippen LogP contribution in [-0.2, 0) is 17.5 Å². The highest BCUT2D eigenvalue weighted by atomic mass is 32.1. The van der Waals surface area contributed by atoms with Crippen molar-refractivity contribution in [2.24, 2.45) is 0 Å². The number of pyridine rings is 1. The second-order valence-corrected chi connectivity index (χ2v) is 10.8. The van der Waals surface area contributed by atoms with Gasteiger partial charge in [-0.1, -0.05) is 18.2 Å². The number of benzene rings is 1. The number of carbonyl (C=O) groups excluding carboxylic acids is 1. The van der Waals surface area contributed by atoms with Crippen molar-refractivity contribution in [3.63, 3.8) is 0 Å². The number of rotatable bonds is 9. The first kappa shape index (κ1) is 28.4. The molecular weight excluding hydrogens is 555 g/mol. The van der Waals surface area contributed by atoms with Crippen molar-refractivity contribution in [1.29, 1.82) is 0 Å². The van der Waals surface area contributed by atoms with Gasteiger partial charge in [0, 0.05) is 36.1 Å². The Balaban J connectivity index is 1.45. The average Bonchev–Trinajstić information content (AvgIpc) is 3.69. The Morgan fingerprint density at radius 2 is 1.90 bits per heavy atom. The predicted molar refractivity (Wildman–Crippen MR) is 150 cm³/mol. The van der Waals surface area contributed by atoms with Gasteiger partial charge < -0.3 is 14.4 Å². The average molecular weight is 584 g/mol. The molecule has 5 aromatic rings. The maximum Gasteiger partial charge on any atom is 0.416 e. The third-order valence-corrected chi connectivity index (χ3v) is 7.70. The minimum absolute atomic E-state index is 0.0315. The summed E-state index contributed by atoms with van der Waals surface area (Å²) >= 11 is 1.12. The van der Waals surface area contributed by atoms with Crippen molar-refractivity contribution in [3.8, 4) is 27.4 Å². The number of methoxy groups -OCH3 is 1. The Morgan fingerprint density at radius 1 is 1.12 bits per heavy atom. The lowest BCUT2D eigenvalue weighted by molar-refractivity contribution is -0.139. The molecule has 0 spiro atoms. The standard InChI is InChI=1S/C29H28F3N5O3S/c1-18(21-7-5-6-8-22(21)29(30,31)32)40-24-14-25(41-27(24)28(38)39-4)23-16-33-26-13-19(9-10-37(23)26)20-15-34-36(17-20)12-11-35(2)3/h5-10,13-18H,11-12H2,1-4H3. The van der Waals surface area contributed by atoms with E-state index in [-0.39, 0.29) is 16.2 Å². The van der Waals surface area contributed by atoms with Crippen LogP contribution in [0, 0.1) is 0 Å². The molecular formula is C29H28F3N5O3S. The van der Waals surface area contributed by atoms with Gasteiger partial charge in [-0.05, 0) is 44.8 Å². The molecule has 1 unspecified atom stereocenters. The summed E-state index contributed by atoms with van der Waals surface area (Å²) in [6.07, 6.45) is 1.84. The van der Waals surface area contributed by atoms with E-state index in [1.54, 1.807) is 12.3 Å². The minimum Gasteiger partial charge on any atom is -0.484 e. The van der Waals surface area contributed by atoms with Crippen LogP contribution in [-0.4, -0.2) is 57.8 Å². The summed E-state index contributed by atoms with van der Waals surface area (Å²) in [5.74, 6) is -0.507. The lowest BCUT2D eigenvalue weighted by Crippen LogP contribution is -2.18. The summed E-state index contributed by atoms with van der Waals surface area (Å²) in [5.41, 5.74) is 2.47. The molecule has 0 amide bonds. The fourth-order valence-corrected chi connectivity index (χ4v) is 5.48. The number of fused-ring (bicyclic) bond motifs is 1. The highest BCUT2D eigenvalue weighted by Gasteiger charge is 2.35. The zero-order valence-corrected chi connectivity index (χ0v) is 23.7. The number of likely N-dealkylation sites (N-methyl/N-ethyl adjacent to an activating group) is 1. The molecule has 41 heavy (non-hydrogen) atoms. The monoisotopic (exact) mass is 583 g/mol. The molecule has 8 nitrogen and oxygen atoms in total. The van der Waals surface area contributed by atoms with E-state index in [2.05, 4.69) is 15.0 Å². The van der Waals surface area contributed by atoms with E-state index >= 15 is 0 Å². The van der Waals surface area contributed by atoms with Crippen molar-refractivity contribution < 1.29 is 27.4 Å². The van der Waals surface area contributed by atoms with E-state index in [9.17, 15) is 18.0 Å². The predicted octanol–water partition coefficient (Wildman–Crippen LogP) is 6.43. The van der Waals surface area contributed by atoms with E-state index in [0.29, 0.717) is 16.2 Å². The van der Waals surface area contributed by atoms with Crippen LogP contribution >= 0.6 is 11.3 Å². The van der Waals surface area contributed by atoms with Gasteiger partial charge in [-0.25, -0.2) is 9.78 Å². The topological polar surface area (TPSA) is 73.9 Å². The zero-order valence-electron chi connectivity index (χ0n) is 22.8. The molecule has 0 bridgehead atoms. The molecule has 0 aliphatic rings. The number of nitrogens with zero attached hydrogens (tertiary/aromatic N) is 5. The molecule has 0 aliphatic heterocycles. The lowest BCUT2D eigenvalue weighted by Gasteiger charge is -2.19. The van der Waals surface area contributed by atoms with Gasteiger partial charge in [-0.3, -0.25) is 9.08 Å². The Labute approximate surface area is 238 Å². The molecule has 0 saturated carbocycles. The number of hydrogen-bond acceptors (Lipinski definition) is 7. The second-order valence-electron chi connectivity index (χ2n) is 9.72. The maximum absolute atomic E-state index is 13.6. The first-order chi connectivity index (χ1) is 19.5. The number of alkyl halides is 3.